The maximum atomic E-state index is 13.7. The van der Waals surface area contributed by atoms with Crippen molar-refractivity contribution in [3.8, 4) is 23.1 Å². The number of hydrogen-bond donors (Lipinski definition) is 1. The molecule has 33 heteroatoms. The normalized spacial score (nSPS) is 12.7. The smallest absolute Gasteiger partial charge is 0.662 e. The fraction of sp³-hybridized carbons (Fsp3) is 0.393. The maximum absolute atomic E-state index is 13.7. The second-order valence-corrected chi connectivity index (χ2v) is 26.9. The molecule has 29 nitrogen and oxygen atoms in total. The number of nitrogens with zero attached hydrogens (tertiary/aromatic N) is 13. The molecule has 0 spiro atoms. The van der Waals surface area contributed by atoms with Gasteiger partial charge < -0.3 is 57.8 Å². The van der Waals surface area contributed by atoms with Crippen LogP contribution in [0.2, 0.25) is 0 Å². The van der Waals surface area contributed by atoms with Gasteiger partial charge in [-0.05, 0) is 38.1 Å². The van der Waals surface area contributed by atoms with Gasteiger partial charge in [0.2, 0.25) is 0 Å². The van der Waals surface area contributed by atoms with Crippen LogP contribution in [0.25, 0.3) is 33.4 Å². The summed E-state index contributed by atoms with van der Waals surface area (Å²) in [5.74, 6) is -0.499. The van der Waals surface area contributed by atoms with Gasteiger partial charge in [0, 0.05) is 103 Å². The fourth-order valence-electron chi connectivity index (χ4n) is 8.98. The zero-order chi connectivity index (χ0) is 68.6. The number of rotatable bonds is 16. The number of hydrogen-bond acceptors (Lipinski definition) is 21. The molecule has 4 amide bonds. The number of H-pyrrole nitrogens is 1. The number of aryl methyl sites for hydroxylation is 2. The number of ketones is 2. The van der Waals surface area contributed by atoms with Gasteiger partial charge in [0.1, 0.15) is 54.1 Å². The van der Waals surface area contributed by atoms with Crippen molar-refractivity contribution in [2.45, 2.75) is 61.1 Å². The fourth-order valence-corrected chi connectivity index (χ4v) is 10.3. The van der Waals surface area contributed by atoms with Crippen molar-refractivity contribution in [1.82, 2.24) is 68.6 Å². The van der Waals surface area contributed by atoms with Crippen molar-refractivity contribution < 1.29 is 101 Å². The zero-order valence-corrected chi connectivity index (χ0v) is 59.6. The van der Waals surface area contributed by atoms with Gasteiger partial charge in [-0.15, -0.1) is 0 Å². The molecule has 2 saturated heterocycles. The molecule has 2 fully saturated rings. The Bertz CT molecular complexity index is 3910. The SMILES string of the molecule is CCC.CCC.COc1cnc(-n2cnc(C)n2)c2[nH]cc(C(=O)C(=O)N3CCN(C(=O)c4ccccc4)CC3)c12.COc1cnc(-n2cnc(C)n2)c2c1c(C(=O)C(=O)N1CCN(C(=O)c3ccccc3)CC1)cn2COP(C)(C)=O.CP(C)(=O)OCCl.O=CO[O-].[Na+]. The number of aromatic nitrogens is 10. The number of amides is 4. The van der Waals surface area contributed by atoms with Gasteiger partial charge in [0.05, 0.1) is 54.0 Å². The van der Waals surface area contributed by atoms with Crippen LogP contribution in [0.5, 0.6) is 11.5 Å². The Kier molecular flexibility index (Phi) is 31.5. The summed E-state index contributed by atoms with van der Waals surface area (Å²) in [6.45, 7) is 19.9. The van der Waals surface area contributed by atoms with E-state index in [9.17, 15) is 37.9 Å². The van der Waals surface area contributed by atoms with Gasteiger partial charge in [-0.2, -0.15) is 10.2 Å². The van der Waals surface area contributed by atoms with E-state index in [1.165, 1.54) is 110 Å². The van der Waals surface area contributed by atoms with Crippen molar-refractivity contribution in [1.29, 1.82) is 0 Å². The number of ether oxygens (including phenoxy) is 2. The zero-order valence-electron chi connectivity index (χ0n) is 55.0. The number of pyridine rings is 2. The predicted octanol–water partition coefficient (Wildman–Crippen LogP) is 4.25. The second-order valence-electron chi connectivity index (χ2n) is 21.1. The van der Waals surface area contributed by atoms with E-state index in [-0.39, 0.29) is 104 Å². The van der Waals surface area contributed by atoms with E-state index in [2.05, 4.69) is 72.2 Å². The molecule has 8 aromatic rings. The molecule has 2 aliphatic heterocycles. The minimum absolute atomic E-state index is 0. The molecule has 0 atom stereocenters. The van der Waals surface area contributed by atoms with Gasteiger partial charge in [0.25, 0.3) is 41.7 Å². The first-order valence-corrected chi connectivity index (χ1v) is 34.8. The topological polar surface area (TPSA) is 344 Å². The summed E-state index contributed by atoms with van der Waals surface area (Å²) in [4.78, 5) is 117. The molecule has 10 rings (SSSR count). The van der Waals surface area contributed by atoms with Crippen LogP contribution in [0.15, 0.2) is 98.1 Å². The minimum Gasteiger partial charge on any atom is -0.662 e. The third kappa shape index (κ3) is 21.5. The summed E-state index contributed by atoms with van der Waals surface area (Å²) in [6, 6.07) is 17.9. The van der Waals surface area contributed by atoms with Crippen molar-refractivity contribution >= 4 is 89.8 Å². The van der Waals surface area contributed by atoms with Crippen molar-refractivity contribution in [2.75, 3.05) is 99.3 Å². The van der Waals surface area contributed by atoms with Crippen LogP contribution in [0, 0.1) is 13.8 Å². The Morgan fingerprint density at radius 2 is 1.00 bits per heavy atom. The van der Waals surface area contributed by atoms with Gasteiger partial charge in [-0.1, -0.05) is 88.5 Å². The summed E-state index contributed by atoms with van der Waals surface area (Å²) in [6.07, 6.45) is 11.4. The van der Waals surface area contributed by atoms with Gasteiger partial charge in [-0.3, -0.25) is 42.7 Å². The average molecular weight is 1370 g/mol. The van der Waals surface area contributed by atoms with E-state index in [1.807, 2.05) is 24.3 Å². The molecule has 0 unspecified atom stereocenters. The molecule has 8 heterocycles. The number of alkyl halides is 1. The average Bonchev–Trinajstić information content (AvgIpc) is 1.59. The van der Waals surface area contributed by atoms with E-state index in [0.29, 0.717) is 88.1 Å². The largest absolute Gasteiger partial charge is 1.00 e. The Balaban J connectivity index is 0.000000321. The molecule has 1 N–H and O–H groups in total. The molecule has 2 aliphatic rings. The number of halogens is 1. The summed E-state index contributed by atoms with van der Waals surface area (Å²) in [5.41, 5.74) is 2.34. The summed E-state index contributed by atoms with van der Waals surface area (Å²) in [7, 11) is -2.29. The third-order valence-electron chi connectivity index (χ3n) is 13.1. The molecule has 0 bridgehead atoms. The number of fused-ring (bicyclic) bond motifs is 2. The van der Waals surface area contributed by atoms with Crippen LogP contribution < -0.4 is 44.3 Å². The first-order valence-electron chi connectivity index (χ1n) is 29.3. The number of carbonyl (C=O) groups excluding carboxylic acids is 7. The van der Waals surface area contributed by atoms with Crippen molar-refractivity contribution in [2.24, 2.45) is 0 Å². The summed E-state index contributed by atoms with van der Waals surface area (Å²) < 4.78 is 48.5. The van der Waals surface area contributed by atoms with Crippen LogP contribution in [0.1, 0.15) is 93.6 Å². The monoisotopic (exact) mass is 1370 g/mol. The predicted molar refractivity (Wildman–Crippen MR) is 346 cm³/mol. The van der Waals surface area contributed by atoms with Crippen LogP contribution >= 0.6 is 26.3 Å². The number of nitrogens with one attached hydrogen (secondary N) is 1. The van der Waals surface area contributed by atoms with E-state index in [4.69, 9.17) is 35.7 Å². The first kappa shape index (κ1) is 78.5. The van der Waals surface area contributed by atoms with Gasteiger partial charge in [0.15, 0.2) is 26.4 Å². The third-order valence-corrected chi connectivity index (χ3v) is 14.9. The number of methoxy groups -OCH3 is 2. The van der Waals surface area contributed by atoms with E-state index in [0.717, 1.165) is 0 Å². The minimum atomic E-state index is -2.90. The molecule has 0 radical (unpaired) electrons. The molecular weight excluding hydrogens is 1290 g/mol. The Hall–Kier alpha value is -7.98. The first-order chi connectivity index (χ1) is 44.3. The van der Waals surface area contributed by atoms with E-state index < -0.39 is 38.1 Å². The van der Waals surface area contributed by atoms with Gasteiger partial charge >= 0.3 is 29.6 Å². The Labute approximate surface area is 571 Å². The molecule has 6 aromatic heterocycles. The number of piperazine rings is 2. The molecule has 2 aromatic carbocycles. The summed E-state index contributed by atoms with van der Waals surface area (Å²) >= 11 is 5.09. The second kappa shape index (κ2) is 37.8. The van der Waals surface area contributed by atoms with Crippen molar-refractivity contribution in [3.05, 3.63) is 132 Å². The van der Waals surface area contributed by atoms with Crippen LogP contribution in [0.3, 0.4) is 0 Å². The van der Waals surface area contributed by atoms with Gasteiger partial charge in [-0.25, -0.2) is 29.3 Å². The molecule has 94 heavy (non-hydrogen) atoms. The molecule has 500 valence electrons. The number of benzene rings is 2. The number of carbonyl (C=O) groups is 7. The number of aromatic amines is 1. The van der Waals surface area contributed by atoms with E-state index in [1.54, 1.807) is 64.6 Å². The van der Waals surface area contributed by atoms with Crippen LogP contribution in [-0.4, -0.2) is 210 Å². The van der Waals surface area contributed by atoms with Crippen molar-refractivity contribution in [3.63, 3.8) is 0 Å². The maximum Gasteiger partial charge on any atom is 1.00 e. The molecular formula is C61H78ClN14NaO15P2. The quantitative estimate of drug-likeness (QED) is 0.0206. The Morgan fingerprint density at radius 1 is 0.606 bits per heavy atom. The van der Waals surface area contributed by atoms with E-state index >= 15 is 0 Å². The van der Waals surface area contributed by atoms with Crippen LogP contribution in [-0.2, 0) is 44.2 Å². The van der Waals surface area contributed by atoms with Crippen LogP contribution in [0.4, 0.5) is 0 Å². The molecule has 0 saturated carbocycles. The summed E-state index contributed by atoms with van der Waals surface area (Å²) in [5, 5.41) is 17.8. The Morgan fingerprint density at radius 3 is 1.37 bits per heavy atom. The standard InChI is InChI=1S/C27H30N7O6P.C24H23N7O4.C3H8ClO2P.2C3H8.CH2O3.Na/c1-18-29-16-34(30-18)25-23-22(21(39-2)14-28-25)20(15-33(23)17-40-41(3,4)38)24(35)27(37)32-12-10-31(11-13-32)26(36)19-8-6-5-7-9-19;1-15-27-14-31(28-15)22-20-19(18(35-2)13-26-22)17(12-25-20)21(32)24(34)30-10-8-29(9-11-30)23(33)16-6-4-3-5-7-16;1-7(2,5)6-3-4;2*1-3-2;2-1-4-3;/h5-9,14-16H,10-13,17H2,1-4H3;3-7,12-14,25H,8-11H2,1-2H3;3H2,1-2H3;2*3H2,1-2H3;1,3H;/q;;;;;;+1/p-1. The molecule has 0 aliphatic carbocycles. The number of Topliss-reactive ketones (excluding diaryl/α,β-unsaturated/α-hetero) is 2.